The summed E-state index contributed by atoms with van der Waals surface area (Å²) in [5.41, 5.74) is 2.36. The molecule has 1 aromatic rings. The average molecular weight is 235 g/mol. The van der Waals surface area contributed by atoms with Crippen LogP contribution in [-0.2, 0) is 11.2 Å². The summed E-state index contributed by atoms with van der Waals surface area (Å²) < 4.78 is 5.45. The van der Waals surface area contributed by atoms with Gasteiger partial charge >= 0.3 is 5.97 Å². The molecule has 2 N–H and O–H groups in total. The highest BCUT2D eigenvalue weighted by Crippen LogP contribution is 2.28. The molecule has 1 aromatic carbocycles. The average Bonchev–Trinajstić information content (AvgIpc) is 2.76. The zero-order valence-electron chi connectivity index (χ0n) is 9.90. The molecule has 2 rings (SSSR count). The van der Waals surface area contributed by atoms with Crippen molar-refractivity contribution in [3.8, 4) is 5.75 Å². The van der Waals surface area contributed by atoms with Gasteiger partial charge in [-0.2, -0.15) is 0 Å². The molecule has 0 saturated carbocycles. The number of rotatable bonds is 5. The van der Waals surface area contributed by atoms with Crippen molar-refractivity contribution in [2.45, 2.75) is 25.8 Å². The maximum absolute atomic E-state index is 10.6. The number of fused-ring (bicyclic) bond motifs is 1. The van der Waals surface area contributed by atoms with E-state index in [9.17, 15) is 4.79 Å². The largest absolute Gasteiger partial charge is 0.493 e. The van der Waals surface area contributed by atoms with Gasteiger partial charge in [0.15, 0.2) is 0 Å². The number of carboxylic acid groups (broad SMARTS) is 1. The third kappa shape index (κ3) is 2.77. The third-order valence-electron chi connectivity index (χ3n) is 3.02. The molecule has 0 spiro atoms. The fourth-order valence-electron chi connectivity index (χ4n) is 2.13. The van der Waals surface area contributed by atoms with E-state index in [1.165, 1.54) is 5.56 Å². The van der Waals surface area contributed by atoms with E-state index < -0.39 is 5.97 Å². The summed E-state index contributed by atoms with van der Waals surface area (Å²) in [7, 11) is 0. The van der Waals surface area contributed by atoms with E-state index in [0.29, 0.717) is 0 Å². The van der Waals surface area contributed by atoms with Gasteiger partial charge in [-0.15, -0.1) is 0 Å². The molecule has 4 nitrogen and oxygen atoms in total. The number of aliphatic carboxylic acids is 1. The molecular formula is C13H17NO3. The van der Waals surface area contributed by atoms with Crippen LogP contribution in [0, 0.1) is 0 Å². The summed E-state index contributed by atoms with van der Waals surface area (Å²) in [4.78, 5) is 10.6. The van der Waals surface area contributed by atoms with E-state index in [4.69, 9.17) is 9.84 Å². The van der Waals surface area contributed by atoms with Crippen molar-refractivity contribution in [2.75, 3.05) is 13.2 Å². The Hall–Kier alpha value is -1.55. The lowest BCUT2D eigenvalue weighted by molar-refractivity contribution is -0.136. The van der Waals surface area contributed by atoms with Gasteiger partial charge in [0.1, 0.15) is 5.75 Å². The van der Waals surface area contributed by atoms with Gasteiger partial charge in [-0.1, -0.05) is 19.1 Å². The van der Waals surface area contributed by atoms with Gasteiger partial charge in [-0.25, -0.2) is 0 Å². The lowest BCUT2D eigenvalue weighted by Gasteiger charge is -2.16. The summed E-state index contributed by atoms with van der Waals surface area (Å²) in [6.45, 7) is 2.79. The predicted molar refractivity (Wildman–Crippen MR) is 64.3 cm³/mol. The van der Waals surface area contributed by atoms with Gasteiger partial charge in [0.05, 0.1) is 13.2 Å². The molecule has 1 aliphatic rings. The molecule has 17 heavy (non-hydrogen) atoms. The van der Waals surface area contributed by atoms with Crippen LogP contribution in [0.5, 0.6) is 5.75 Å². The van der Waals surface area contributed by atoms with E-state index in [-0.39, 0.29) is 12.6 Å². The fourth-order valence-corrected chi connectivity index (χ4v) is 2.13. The number of carbonyl (C=O) groups is 1. The summed E-state index contributed by atoms with van der Waals surface area (Å²) >= 11 is 0. The van der Waals surface area contributed by atoms with Gasteiger partial charge < -0.3 is 15.2 Å². The molecule has 1 unspecified atom stereocenters. The van der Waals surface area contributed by atoms with Crippen molar-refractivity contribution in [3.05, 3.63) is 29.3 Å². The second-order valence-electron chi connectivity index (χ2n) is 4.20. The SMILES string of the molecule is CCC(NCC(=O)O)c1ccc2c(c1)CCO2. The molecule has 4 heteroatoms. The molecule has 1 aliphatic heterocycles. The standard InChI is InChI=1S/C13H17NO3/c1-2-11(14-8-13(15)16)9-3-4-12-10(7-9)5-6-17-12/h3-4,7,11,14H,2,5-6,8H2,1H3,(H,15,16). The van der Waals surface area contributed by atoms with Crippen LogP contribution in [0.25, 0.3) is 0 Å². The molecule has 0 radical (unpaired) electrons. The lowest BCUT2D eigenvalue weighted by atomic mass is 10.0. The second kappa shape index (κ2) is 5.19. The number of hydrogen-bond acceptors (Lipinski definition) is 3. The van der Waals surface area contributed by atoms with E-state index in [1.54, 1.807) is 0 Å². The van der Waals surface area contributed by atoms with Crippen LogP contribution in [0.4, 0.5) is 0 Å². The van der Waals surface area contributed by atoms with Crippen LogP contribution in [-0.4, -0.2) is 24.2 Å². The van der Waals surface area contributed by atoms with Crippen LogP contribution in [0.15, 0.2) is 18.2 Å². The van der Waals surface area contributed by atoms with Crippen LogP contribution in [0.2, 0.25) is 0 Å². The third-order valence-corrected chi connectivity index (χ3v) is 3.02. The number of hydrogen-bond donors (Lipinski definition) is 2. The fraction of sp³-hybridized carbons (Fsp3) is 0.462. The monoisotopic (exact) mass is 235 g/mol. The maximum Gasteiger partial charge on any atom is 0.317 e. The first kappa shape index (κ1) is 11.9. The number of benzene rings is 1. The first-order valence-corrected chi connectivity index (χ1v) is 5.91. The summed E-state index contributed by atoms with van der Waals surface area (Å²) in [5.74, 6) is 0.134. The van der Waals surface area contributed by atoms with Crippen molar-refractivity contribution in [2.24, 2.45) is 0 Å². The Kier molecular flexibility index (Phi) is 3.64. The van der Waals surface area contributed by atoms with Crippen molar-refractivity contribution < 1.29 is 14.6 Å². The van der Waals surface area contributed by atoms with Crippen molar-refractivity contribution >= 4 is 5.97 Å². The number of carboxylic acids is 1. The Morgan fingerprint density at radius 1 is 1.59 bits per heavy atom. The number of ether oxygens (including phenoxy) is 1. The van der Waals surface area contributed by atoms with E-state index >= 15 is 0 Å². The molecule has 92 valence electrons. The summed E-state index contributed by atoms with van der Waals surface area (Å²) in [6, 6.07) is 6.19. The topological polar surface area (TPSA) is 58.6 Å². The van der Waals surface area contributed by atoms with Gasteiger partial charge in [-0.3, -0.25) is 4.79 Å². The molecular weight excluding hydrogens is 218 g/mol. The van der Waals surface area contributed by atoms with Crippen molar-refractivity contribution in [1.82, 2.24) is 5.32 Å². The Balaban J connectivity index is 2.11. The molecule has 0 amide bonds. The summed E-state index contributed by atoms with van der Waals surface area (Å²) in [5, 5.41) is 11.7. The Labute approximate surface area is 101 Å². The quantitative estimate of drug-likeness (QED) is 0.816. The van der Waals surface area contributed by atoms with E-state index in [1.807, 2.05) is 19.1 Å². The Morgan fingerprint density at radius 2 is 2.41 bits per heavy atom. The Bertz CT molecular complexity index is 417. The van der Waals surface area contributed by atoms with Crippen LogP contribution in [0.3, 0.4) is 0 Å². The first-order chi connectivity index (χ1) is 8.20. The predicted octanol–water partition coefficient (Wildman–Crippen LogP) is 1.75. The molecule has 0 aromatic heterocycles. The Morgan fingerprint density at radius 3 is 3.12 bits per heavy atom. The minimum absolute atomic E-state index is 0.00785. The normalized spacial score (nSPS) is 15.1. The summed E-state index contributed by atoms with van der Waals surface area (Å²) in [6.07, 6.45) is 1.81. The van der Waals surface area contributed by atoms with Gasteiger partial charge in [0, 0.05) is 12.5 Å². The molecule has 0 bridgehead atoms. The number of nitrogens with one attached hydrogen (secondary N) is 1. The lowest BCUT2D eigenvalue weighted by Crippen LogP contribution is -2.27. The van der Waals surface area contributed by atoms with Crippen LogP contribution in [0.1, 0.15) is 30.5 Å². The van der Waals surface area contributed by atoms with Crippen molar-refractivity contribution in [3.63, 3.8) is 0 Å². The van der Waals surface area contributed by atoms with Crippen LogP contribution >= 0.6 is 0 Å². The zero-order chi connectivity index (χ0) is 12.3. The smallest absolute Gasteiger partial charge is 0.317 e. The van der Waals surface area contributed by atoms with E-state index in [2.05, 4.69) is 11.4 Å². The van der Waals surface area contributed by atoms with Gasteiger partial charge in [-0.05, 0) is 23.6 Å². The highest BCUT2D eigenvalue weighted by Gasteiger charge is 2.16. The van der Waals surface area contributed by atoms with Gasteiger partial charge in [0.2, 0.25) is 0 Å². The highest BCUT2D eigenvalue weighted by molar-refractivity contribution is 5.69. The molecule has 0 saturated heterocycles. The second-order valence-corrected chi connectivity index (χ2v) is 4.20. The molecule has 0 aliphatic carbocycles. The minimum atomic E-state index is -0.826. The first-order valence-electron chi connectivity index (χ1n) is 5.91. The van der Waals surface area contributed by atoms with E-state index in [0.717, 1.165) is 30.8 Å². The van der Waals surface area contributed by atoms with Gasteiger partial charge in [0.25, 0.3) is 0 Å². The molecule has 1 heterocycles. The van der Waals surface area contributed by atoms with Crippen LogP contribution < -0.4 is 10.1 Å². The molecule has 1 atom stereocenters. The molecule has 0 fully saturated rings. The maximum atomic E-state index is 10.6. The zero-order valence-corrected chi connectivity index (χ0v) is 9.90. The highest BCUT2D eigenvalue weighted by atomic mass is 16.5. The minimum Gasteiger partial charge on any atom is -0.493 e. The van der Waals surface area contributed by atoms with Crippen molar-refractivity contribution in [1.29, 1.82) is 0 Å².